The minimum atomic E-state index is -0.422. The molecule has 2 aliphatic carbocycles. The van der Waals surface area contributed by atoms with Gasteiger partial charge in [0.15, 0.2) is 0 Å². The van der Waals surface area contributed by atoms with Crippen LogP contribution in [0.3, 0.4) is 0 Å². The number of carbonyl (C=O) groups is 1. The second kappa shape index (κ2) is 6.93. The molecule has 0 amide bonds. The number of rotatable bonds is 4. The van der Waals surface area contributed by atoms with Gasteiger partial charge >= 0.3 is 5.97 Å². The van der Waals surface area contributed by atoms with Gasteiger partial charge in [-0.1, -0.05) is 33.1 Å². The van der Waals surface area contributed by atoms with Gasteiger partial charge < -0.3 is 4.74 Å². The average molecular weight is 281 g/mol. The summed E-state index contributed by atoms with van der Waals surface area (Å²) in [5.41, 5.74) is -0.422. The number of nitrogens with one attached hydrogen (secondary N) is 1. The van der Waals surface area contributed by atoms with Gasteiger partial charge in [0, 0.05) is 6.04 Å². The molecular formula is C17H31NO2. The molecule has 0 aromatic rings. The summed E-state index contributed by atoms with van der Waals surface area (Å²) >= 11 is 0. The minimum Gasteiger partial charge on any atom is -0.465 e. The third-order valence-electron chi connectivity index (χ3n) is 4.95. The molecule has 0 radical (unpaired) electrons. The molecule has 116 valence electrons. The van der Waals surface area contributed by atoms with Crippen LogP contribution in [0.4, 0.5) is 0 Å². The fourth-order valence-electron chi connectivity index (χ4n) is 4.38. The standard InChI is InChI=1S/C17H31NO2/c1-4-20-16(19)17(11-13(2)10-14(3)12-17)18-15-8-6-5-7-9-15/h13-15,18H,4-12H2,1-3H3. The summed E-state index contributed by atoms with van der Waals surface area (Å²) in [6.45, 7) is 6.93. The summed E-state index contributed by atoms with van der Waals surface area (Å²) in [4.78, 5) is 12.6. The van der Waals surface area contributed by atoms with Crippen molar-refractivity contribution in [2.24, 2.45) is 11.8 Å². The molecule has 3 nitrogen and oxygen atoms in total. The quantitative estimate of drug-likeness (QED) is 0.799. The molecule has 0 aromatic heterocycles. The lowest BCUT2D eigenvalue weighted by molar-refractivity contribution is -0.155. The van der Waals surface area contributed by atoms with Crippen LogP contribution >= 0.6 is 0 Å². The fourth-order valence-corrected chi connectivity index (χ4v) is 4.38. The topological polar surface area (TPSA) is 38.3 Å². The Balaban J connectivity index is 2.11. The molecule has 2 rings (SSSR count). The smallest absolute Gasteiger partial charge is 0.326 e. The Labute approximate surface area is 123 Å². The average Bonchev–Trinajstić information content (AvgIpc) is 2.39. The SMILES string of the molecule is CCOC(=O)C1(NC2CCCCC2)CC(C)CC(C)C1. The summed E-state index contributed by atoms with van der Waals surface area (Å²) in [7, 11) is 0. The monoisotopic (exact) mass is 281 g/mol. The Morgan fingerprint density at radius 3 is 2.30 bits per heavy atom. The van der Waals surface area contributed by atoms with Crippen molar-refractivity contribution < 1.29 is 9.53 Å². The highest BCUT2D eigenvalue weighted by molar-refractivity contribution is 5.81. The molecule has 0 spiro atoms. The van der Waals surface area contributed by atoms with Crippen LogP contribution in [0.25, 0.3) is 0 Å². The predicted molar refractivity (Wildman–Crippen MR) is 81.6 cm³/mol. The zero-order chi connectivity index (χ0) is 14.6. The third-order valence-corrected chi connectivity index (χ3v) is 4.95. The Morgan fingerprint density at radius 1 is 1.15 bits per heavy atom. The first-order valence-electron chi connectivity index (χ1n) is 8.50. The molecule has 3 heteroatoms. The van der Waals surface area contributed by atoms with Gasteiger partial charge in [0.1, 0.15) is 5.54 Å². The van der Waals surface area contributed by atoms with Gasteiger partial charge in [-0.3, -0.25) is 10.1 Å². The van der Waals surface area contributed by atoms with Crippen LogP contribution in [-0.4, -0.2) is 24.2 Å². The van der Waals surface area contributed by atoms with Gasteiger partial charge in [-0.2, -0.15) is 0 Å². The second-order valence-corrected chi connectivity index (χ2v) is 7.14. The summed E-state index contributed by atoms with van der Waals surface area (Å²) < 4.78 is 5.42. The van der Waals surface area contributed by atoms with Crippen LogP contribution in [0.15, 0.2) is 0 Å². The summed E-state index contributed by atoms with van der Waals surface area (Å²) in [5.74, 6) is 1.18. The molecule has 0 bridgehead atoms. The minimum absolute atomic E-state index is 0.0102. The van der Waals surface area contributed by atoms with Crippen LogP contribution in [0.2, 0.25) is 0 Å². The van der Waals surface area contributed by atoms with E-state index in [0.29, 0.717) is 24.5 Å². The molecule has 2 saturated carbocycles. The second-order valence-electron chi connectivity index (χ2n) is 7.14. The molecule has 0 aliphatic heterocycles. The van der Waals surface area contributed by atoms with E-state index in [1.807, 2.05) is 6.92 Å². The highest BCUT2D eigenvalue weighted by Crippen LogP contribution is 2.38. The van der Waals surface area contributed by atoms with E-state index in [0.717, 1.165) is 12.8 Å². The van der Waals surface area contributed by atoms with Crippen LogP contribution in [0, 0.1) is 11.8 Å². The zero-order valence-corrected chi connectivity index (χ0v) is 13.4. The van der Waals surface area contributed by atoms with Gasteiger partial charge in [0.05, 0.1) is 6.61 Å². The number of hydrogen-bond acceptors (Lipinski definition) is 3. The first-order valence-corrected chi connectivity index (χ1v) is 8.50. The number of esters is 1. The summed E-state index contributed by atoms with van der Waals surface area (Å²) in [6.07, 6.45) is 9.46. The zero-order valence-electron chi connectivity index (χ0n) is 13.4. The van der Waals surface area contributed by atoms with Crippen LogP contribution in [0.5, 0.6) is 0 Å². The van der Waals surface area contributed by atoms with E-state index in [2.05, 4.69) is 19.2 Å². The molecule has 2 unspecified atom stereocenters. The van der Waals surface area contributed by atoms with Crippen molar-refractivity contribution in [3.63, 3.8) is 0 Å². The maximum absolute atomic E-state index is 12.6. The third kappa shape index (κ3) is 3.75. The van der Waals surface area contributed by atoms with Gasteiger partial charge in [-0.25, -0.2) is 0 Å². The van der Waals surface area contributed by atoms with E-state index in [4.69, 9.17) is 4.74 Å². The van der Waals surface area contributed by atoms with E-state index in [9.17, 15) is 4.79 Å². The van der Waals surface area contributed by atoms with Gasteiger partial charge in [0.2, 0.25) is 0 Å². The van der Waals surface area contributed by atoms with Gasteiger partial charge in [0.25, 0.3) is 0 Å². The Hall–Kier alpha value is -0.570. The van der Waals surface area contributed by atoms with Gasteiger partial charge in [-0.15, -0.1) is 0 Å². The molecule has 2 atom stereocenters. The first-order chi connectivity index (χ1) is 9.55. The van der Waals surface area contributed by atoms with Crippen molar-refractivity contribution in [2.45, 2.75) is 83.7 Å². The largest absolute Gasteiger partial charge is 0.465 e. The summed E-state index contributed by atoms with van der Waals surface area (Å²) in [5, 5.41) is 3.74. The first kappa shape index (κ1) is 15.8. The highest BCUT2D eigenvalue weighted by Gasteiger charge is 2.46. The molecular weight excluding hydrogens is 250 g/mol. The van der Waals surface area contributed by atoms with Crippen molar-refractivity contribution in [3.05, 3.63) is 0 Å². The molecule has 2 fully saturated rings. The maximum Gasteiger partial charge on any atom is 0.326 e. The number of ether oxygens (including phenoxy) is 1. The number of carbonyl (C=O) groups excluding carboxylic acids is 1. The van der Waals surface area contributed by atoms with Crippen molar-refractivity contribution in [3.8, 4) is 0 Å². The van der Waals surface area contributed by atoms with Gasteiger partial charge in [-0.05, 0) is 50.9 Å². The maximum atomic E-state index is 12.6. The molecule has 20 heavy (non-hydrogen) atoms. The predicted octanol–water partition coefficient (Wildman–Crippen LogP) is 3.67. The van der Waals surface area contributed by atoms with Crippen LogP contribution in [-0.2, 0) is 9.53 Å². The van der Waals surface area contributed by atoms with E-state index in [1.54, 1.807) is 0 Å². The van der Waals surface area contributed by atoms with E-state index in [-0.39, 0.29) is 5.97 Å². The van der Waals surface area contributed by atoms with Crippen molar-refractivity contribution in [1.29, 1.82) is 0 Å². The van der Waals surface area contributed by atoms with Crippen molar-refractivity contribution in [2.75, 3.05) is 6.61 Å². The molecule has 2 aliphatic rings. The van der Waals surface area contributed by atoms with Crippen LogP contribution < -0.4 is 5.32 Å². The summed E-state index contributed by atoms with van der Waals surface area (Å²) in [6, 6.07) is 0.505. The van der Waals surface area contributed by atoms with E-state index < -0.39 is 5.54 Å². The van der Waals surface area contributed by atoms with E-state index >= 15 is 0 Å². The van der Waals surface area contributed by atoms with Crippen molar-refractivity contribution >= 4 is 5.97 Å². The number of hydrogen-bond donors (Lipinski definition) is 1. The highest BCUT2D eigenvalue weighted by atomic mass is 16.5. The molecule has 0 heterocycles. The molecule has 0 saturated heterocycles. The van der Waals surface area contributed by atoms with Crippen molar-refractivity contribution in [1.82, 2.24) is 5.32 Å². The normalized spacial score (nSPS) is 35.8. The Bertz CT molecular complexity index is 313. The Morgan fingerprint density at radius 2 is 1.75 bits per heavy atom. The Kier molecular flexibility index (Phi) is 5.48. The van der Waals surface area contributed by atoms with E-state index in [1.165, 1.54) is 38.5 Å². The lowest BCUT2D eigenvalue weighted by Crippen LogP contribution is -2.60. The molecule has 0 aromatic carbocycles. The van der Waals surface area contributed by atoms with Crippen LogP contribution in [0.1, 0.15) is 72.1 Å². The fraction of sp³-hybridized carbons (Fsp3) is 0.941. The molecule has 1 N–H and O–H groups in total. The lowest BCUT2D eigenvalue weighted by Gasteiger charge is -2.44. The lowest BCUT2D eigenvalue weighted by atomic mass is 9.71.